The Hall–Kier alpha value is -1.28. The summed E-state index contributed by atoms with van der Waals surface area (Å²) >= 11 is 0. The van der Waals surface area contributed by atoms with E-state index >= 15 is 0 Å². The number of ether oxygens (including phenoxy) is 1. The van der Waals surface area contributed by atoms with Crippen LogP contribution in [0.3, 0.4) is 0 Å². The van der Waals surface area contributed by atoms with Crippen LogP contribution in [0.4, 0.5) is 0 Å². The molecule has 0 spiro atoms. The van der Waals surface area contributed by atoms with Gasteiger partial charge in [-0.05, 0) is 30.5 Å². The summed E-state index contributed by atoms with van der Waals surface area (Å²) in [6, 6.07) is 8.01. The van der Waals surface area contributed by atoms with E-state index in [1.54, 1.807) is 7.11 Å². The molecule has 1 aliphatic carbocycles. The summed E-state index contributed by atoms with van der Waals surface area (Å²) in [4.78, 5) is 0. The van der Waals surface area contributed by atoms with Crippen LogP contribution in [-0.4, -0.2) is 7.11 Å². The van der Waals surface area contributed by atoms with Crippen LogP contribution in [0.1, 0.15) is 18.4 Å². The topological polar surface area (TPSA) is 35.2 Å². The number of nitrogens with two attached hydrogens (primary N) is 1. The lowest BCUT2D eigenvalue weighted by molar-refractivity contribution is 0.410. The van der Waals surface area contributed by atoms with Gasteiger partial charge >= 0.3 is 0 Å². The third-order valence-electron chi connectivity index (χ3n) is 2.78. The van der Waals surface area contributed by atoms with Gasteiger partial charge in [0.2, 0.25) is 0 Å². The molecule has 74 valence electrons. The van der Waals surface area contributed by atoms with Gasteiger partial charge in [0.05, 0.1) is 7.11 Å². The molecule has 0 bridgehead atoms. The molecule has 0 saturated heterocycles. The van der Waals surface area contributed by atoms with Crippen molar-refractivity contribution in [1.29, 1.82) is 0 Å². The second kappa shape index (κ2) is 3.46. The minimum Gasteiger partial charge on any atom is -0.497 e. The predicted octanol–water partition coefficient (Wildman–Crippen LogP) is 2.20. The maximum Gasteiger partial charge on any atom is 0.119 e. The monoisotopic (exact) mass is 189 g/mol. The van der Waals surface area contributed by atoms with Crippen molar-refractivity contribution in [3.8, 4) is 5.75 Å². The van der Waals surface area contributed by atoms with Crippen molar-refractivity contribution in [1.82, 2.24) is 0 Å². The Bertz CT molecular complexity index is 349. The average molecular weight is 189 g/mol. The highest BCUT2D eigenvalue weighted by molar-refractivity contribution is 5.35. The summed E-state index contributed by atoms with van der Waals surface area (Å²) in [5, 5.41) is 0. The van der Waals surface area contributed by atoms with E-state index in [4.69, 9.17) is 10.5 Å². The minimum atomic E-state index is -0.214. The lowest BCUT2D eigenvalue weighted by atomic mass is 9.89. The van der Waals surface area contributed by atoms with E-state index < -0.39 is 0 Å². The fourth-order valence-electron chi connectivity index (χ4n) is 1.84. The summed E-state index contributed by atoms with van der Waals surface area (Å²) in [5.41, 5.74) is 7.23. The van der Waals surface area contributed by atoms with Crippen LogP contribution in [0.5, 0.6) is 5.75 Å². The van der Waals surface area contributed by atoms with Crippen molar-refractivity contribution in [3.63, 3.8) is 0 Å². The number of hydrogen-bond donors (Lipinski definition) is 1. The molecule has 0 aromatic heterocycles. The Morgan fingerprint density at radius 3 is 2.64 bits per heavy atom. The van der Waals surface area contributed by atoms with Crippen LogP contribution >= 0.6 is 0 Å². The van der Waals surface area contributed by atoms with E-state index in [0.717, 1.165) is 24.2 Å². The van der Waals surface area contributed by atoms with Crippen molar-refractivity contribution in [3.05, 3.63) is 42.0 Å². The molecule has 2 heteroatoms. The van der Waals surface area contributed by atoms with Gasteiger partial charge in [-0.3, -0.25) is 0 Å². The largest absolute Gasteiger partial charge is 0.497 e. The molecule has 1 aromatic rings. The highest BCUT2D eigenvalue weighted by atomic mass is 16.5. The molecule has 0 amide bonds. The minimum absolute atomic E-state index is 0.214. The molecule has 0 radical (unpaired) electrons. The van der Waals surface area contributed by atoms with Crippen LogP contribution in [-0.2, 0) is 5.54 Å². The van der Waals surface area contributed by atoms with Crippen LogP contribution < -0.4 is 10.5 Å². The lowest BCUT2D eigenvalue weighted by Crippen LogP contribution is -2.33. The van der Waals surface area contributed by atoms with Gasteiger partial charge in [-0.25, -0.2) is 0 Å². The number of hydrogen-bond acceptors (Lipinski definition) is 2. The summed E-state index contributed by atoms with van der Waals surface area (Å²) in [6.45, 7) is 0. The molecular weight excluding hydrogens is 174 g/mol. The Labute approximate surface area is 84.4 Å². The Balaban J connectivity index is 2.31. The van der Waals surface area contributed by atoms with E-state index in [1.807, 2.05) is 18.2 Å². The first-order valence-corrected chi connectivity index (χ1v) is 4.83. The van der Waals surface area contributed by atoms with Crippen molar-refractivity contribution >= 4 is 0 Å². The van der Waals surface area contributed by atoms with Gasteiger partial charge < -0.3 is 10.5 Å². The van der Waals surface area contributed by atoms with Gasteiger partial charge in [0.1, 0.15) is 5.75 Å². The molecule has 0 unspecified atom stereocenters. The molecule has 2 N–H and O–H groups in total. The SMILES string of the molecule is COc1cccc(C2(N)CC=CC2)c1. The smallest absolute Gasteiger partial charge is 0.119 e. The lowest BCUT2D eigenvalue weighted by Gasteiger charge is -2.24. The predicted molar refractivity (Wildman–Crippen MR) is 57.2 cm³/mol. The van der Waals surface area contributed by atoms with E-state index in [9.17, 15) is 0 Å². The third-order valence-corrected chi connectivity index (χ3v) is 2.78. The Morgan fingerprint density at radius 1 is 1.29 bits per heavy atom. The van der Waals surface area contributed by atoms with Gasteiger partial charge in [-0.1, -0.05) is 24.3 Å². The first kappa shape index (κ1) is 9.28. The van der Waals surface area contributed by atoms with Crippen molar-refractivity contribution in [2.45, 2.75) is 18.4 Å². The van der Waals surface area contributed by atoms with Crippen LogP contribution in [0.25, 0.3) is 0 Å². The van der Waals surface area contributed by atoms with E-state index in [0.29, 0.717) is 0 Å². The van der Waals surface area contributed by atoms with Crippen LogP contribution in [0.2, 0.25) is 0 Å². The highest BCUT2D eigenvalue weighted by Gasteiger charge is 2.28. The first-order valence-electron chi connectivity index (χ1n) is 4.83. The molecule has 1 aliphatic rings. The van der Waals surface area contributed by atoms with E-state index in [1.165, 1.54) is 0 Å². The fraction of sp³-hybridized carbons (Fsp3) is 0.333. The zero-order chi connectivity index (χ0) is 10.0. The summed E-state index contributed by atoms with van der Waals surface area (Å²) in [7, 11) is 1.68. The molecule has 0 heterocycles. The second-order valence-corrected chi connectivity index (χ2v) is 3.77. The molecule has 1 aromatic carbocycles. The average Bonchev–Trinajstić information content (AvgIpc) is 2.67. The van der Waals surface area contributed by atoms with Gasteiger partial charge in [0, 0.05) is 5.54 Å². The third kappa shape index (κ3) is 1.53. The van der Waals surface area contributed by atoms with Gasteiger partial charge in [0.25, 0.3) is 0 Å². The molecule has 14 heavy (non-hydrogen) atoms. The molecule has 0 atom stereocenters. The summed E-state index contributed by atoms with van der Waals surface area (Å²) in [6.07, 6.45) is 6.11. The number of benzene rings is 1. The highest BCUT2D eigenvalue weighted by Crippen LogP contribution is 2.33. The van der Waals surface area contributed by atoms with Gasteiger partial charge in [-0.2, -0.15) is 0 Å². The van der Waals surface area contributed by atoms with Gasteiger partial charge in [-0.15, -0.1) is 0 Å². The summed E-state index contributed by atoms with van der Waals surface area (Å²) < 4.78 is 5.18. The van der Waals surface area contributed by atoms with E-state index in [-0.39, 0.29) is 5.54 Å². The summed E-state index contributed by atoms with van der Waals surface area (Å²) in [5.74, 6) is 0.874. The normalized spacial score (nSPS) is 18.4. The number of rotatable bonds is 2. The number of methoxy groups -OCH3 is 1. The van der Waals surface area contributed by atoms with Crippen molar-refractivity contribution in [2.24, 2.45) is 5.73 Å². The molecule has 0 fully saturated rings. The van der Waals surface area contributed by atoms with Crippen molar-refractivity contribution in [2.75, 3.05) is 7.11 Å². The second-order valence-electron chi connectivity index (χ2n) is 3.77. The molecular formula is C12H15NO. The zero-order valence-electron chi connectivity index (χ0n) is 8.36. The zero-order valence-corrected chi connectivity index (χ0v) is 8.36. The maximum absolute atomic E-state index is 6.29. The van der Waals surface area contributed by atoms with E-state index in [2.05, 4.69) is 18.2 Å². The van der Waals surface area contributed by atoms with Crippen LogP contribution in [0.15, 0.2) is 36.4 Å². The Kier molecular flexibility index (Phi) is 2.30. The Morgan fingerprint density at radius 2 is 2.00 bits per heavy atom. The molecule has 2 rings (SSSR count). The molecule has 0 aliphatic heterocycles. The van der Waals surface area contributed by atoms with Crippen molar-refractivity contribution < 1.29 is 4.74 Å². The fourth-order valence-corrected chi connectivity index (χ4v) is 1.84. The quantitative estimate of drug-likeness (QED) is 0.724. The first-order chi connectivity index (χ1) is 6.74. The molecule has 0 saturated carbocycles. The standard InChI is InChI=1S/C12H15NO/c1-14-11-6-4-5-10(9-11)12(13)7-2-3-8-12/h2-6,9H,7-8,13H2,1H3. The maximum atomic E-state index is 6.29. The molecule has 2 nitrogen and oxygen atoms in total. The van der Waals surface area contributed by atoms with Crippen LogP contribution in [0, 0.1) is 0 Å². The van der Waals surface area contributed by atoms with Gasteiger partial charge in [0.15, 0.2) is 0 Å².